The van der Waals surface area contributed by atoms with Crippen LogP contribution < -0.4 is 0 Å². The summed E-state index contributed by atoms with van der Waals surface area (Å²) in [7, 11) is 1.90. The summed E-state index contributed by atoms with van der Waals surface area (Å²) < 4.78 is 7.35. The number of hydrogen-bond donors (Lipinski definition) is 0. The van der Waals surface area contributed by atoms with Gasteiger partial charge in [0.2, 0.25) is 5.91 Å². The fourth-order valence-electron chi connectivity index (χ4n) is 3.52. The largest absolute Gasteiger partial charge is 0.378 e. The first-order valence-corrected chi connectivity index (χ1v) is 8.63. The summed E-state index contributed by atoms with van der Waals surface area (Å²) in [4.78, 5) is 14.5. The molecule has 1 heterocycles. The van der Waals surface area contributed by atoms with Gasteiger partial charge in [0, 0.05) is 25.1 Å². The van der Waals surface area contributed by atoms with Crippen molar-refractivity contribution in [3.05, 3.63) is 36.2 Å². The van der Waals surface area contributed by atoms with Crippen LogP contribution in [0, 0.1) is 5.41 Å². The smallest absolute Gasteiger partial charge is 0.227 e. The summed E-state index contributed by atoms with van der Waals surface area (Å²) in [6.07, 6.45) is 3.06. The minimum Gasteiger partial charge on any atom is -0.378 e. The van der Waals surface area contributed by atoms with Gasteiger partial charge in [-0.25, -0.2) is 4.68 Å². The third-order valence-corrected chi connectivity index (χ3v) is 5.26. The molecule has 0 N–H and O–H groups in total. The fraction of sp³-hybridized carbons (Fsp3) is 0.556. The predicted molar refractivity (Wildman–Crippen MR) is 93.2 cm³/mol. The molecule has 0 bridgehead atoms. The van der Waals surface area contributed by atoms with E-state index in [1.165, 1.54) is 0 Å². The molecule has 0 spiro atoms. The standard InChI is InChI=1S/C18H25N5O2/c1-5-25-16-11-15(18(16,2)3)22(4)17(24)10-13-6-8-14(9-7-13)23-12-19-20-21-23/h6-9,12,15-16H,5,10-11H2,1-4H3/t15-,16+/m1/s1. The number of tetrazole rings is 1. The molecule has 0 radical (unpaired) electrons. The van der Waals surface area contributed by atoms with E-state index in [1.54, 1.807) is 11.0 Å². The van der Waals surface area contributed by atoms with E-state index < -0.39 is 0 Å². The molecular weight excluding hydrogens is 318 g/mol. The van der Waals surface area contributed by atoms with Gasteiger partial charge in [0.05, 0.1) is 18.2 Å². The topological polar surface area (TPSA) is 73.1 Å². The van der Waals surface area contributed by atoms with Crippen molar-refractivity contribution in [1.29, 1.82) is 0 Å². The second kappa shape index (κ2) is 6.92. The Labute approximate surface area is 148 Å². The molecule has 1 aliphatic carbocycles. The van der Waals surface area contributed by atoms with E-state index in [2.05, 4.69) is 29.4 Å². The van der Waals surface area contributed by atoms with E-state index in [-0.39, 0.29) is 23.5 Å². The molecule has 1 aromatic heterocycles. The van der Waals surface area contributed by atoms with Crippen LogP contribution in [0.2, 0.25) is 0 Å². The number of carbonyl (C=O) groups is 1. The number of aromatic nitrogens is 4. The van der Waals surface area contributed by atoms with Gasteiger partial charge < -0.3 is 9.64 Å². The van der Waals surface area contributed by atoms with E-state index in [9.17, 15) is 4.79 Å². The molecule has 1 fully saturated rings. The van der Waals surface area contributed by atoms with Crippen molar-refractivity contribution >= 4 is 5.91 Å². The Balaban J connectivity index is 1.60. The van der Waals surface area contributed by atoms with Gasteiger partial charge >= 0.3 is 0 Å². The molecule has 1 aromatic carbocycles. The van der Waals surface area contributed by atoms with Gasteiger partial charge in [0.1, 0.15) is 6.33 Å². The maximum atomic E-state index is 12.7. The third kappa shape index (κ3) is 3.42. The van der Waals surface area contributed by atoms with Crippen LogP contribution in [0.25, 0.3) is 5.69 Å². The SMILES string of the molecule is CCO[C@H]1C[C@@H](N(C)C(=O)Cc2ccc(-n3cnnn3)cc2)C1(C)C. The second-order valence-corrected chi connectivity index (χ2v) is 7.12. The fourth-order valence-corrected chi connectivity index (χ4v) is 3.52. The lowest BCUT2D eigenvalue weighted by atomic mass is 9.63. The lowest BCUT2D eigenvalue weighted by molar-refractivity contribution is -0.162. The van der Waals surface area contributed by atoms with Gasteiger partial charge in [0.15, 0.2) is 0 Å². The van der Waals surface area contributed by atoms with Crippen LogP contribution in [0.1, 0.15) is 32.8 Å². The van der Waals surface area contributed by atoms with Gasteiger partial charge in [-0.2, -0.15) is 0 Å². The number of amides is 1. The van der Waals surface area contributed by atoms with Crippen molar-refractivity contribution in [1.82, 2.24) is 25.1 Å². The summed E-state index contributed by atoms with van der Waals surface area (Å²) in [6.45, 7) is 7.07. The Bertz CT molecular complexity index is 712. The summed E-state index contributed by atoms with van der Waals surface area (Å²) in [5.74, 6) is 0.128. The maximum Gasteiger partial charge on any atom is 0.227 e. The highest BCUT2D eigenvalue weighted by atomic mass is 16.5. The minimum atomic E-state index is -0.00955. The van der Waals surface area contributed by atoms with Crippen LogP contribution in [-0.2, 0) is 16.0 Å². The van der Waals surface area contributed by atoms with E-state index >= 15 is 0 Å². The van der Waals surface area contributed by atoms with Crippen LogP contribution in [0.15, 0.2) is 30.6 Å². The quantitative estimate of drug-likeness (QED) is 0.800. The van der Waals surface area contributed by atoms with Crippen molar-refractivity contribution in [2.45, 2.75) is 45.8 Å². The average Bonchev–Trinajstić information content (AvgIpc) is 3.13. The summed E-state index contributed by atoms with van der Waals surface area (Å²) in [6, 6.07) is 7.93. The lowest BCUT2D eigenvalue weighted by Gasteiger charge is -2.54. The Morgan fingerprint density at radius 2 is 2.08 bits per heavy atom. The summed E-state index contributed by atoms with van der Waals surface area (Å²) in [5.41, 5.74) is 1.84. The number of likely N-dealkylation sites (N-methyl/N-ethyl adjacent to an activating group) is 1. The normalized spacial score (nSPS) is 21.6. The van der Waals surface area contributed by atoms with Crippen LogP contribution in [0.5, 0.6) is 0 Å². The van der Waals surface area contributed by atoms with Gasteiger partial charge in [-0.05, 0) is 41.5 Å². The Hall–Kier alpha value is -2.28. The van der Waals surface area contributed by atoms with Crippen LogP contribution in [0.4, 0.5) is 0 Å². The highest BCUT2D eigenvalue weighted by molar-refractivity contribution is 5.79. The molecule has 7 nitrogen and oxygen atoms in total. The highest BCUT2D eigenvalue weighted by Gasteiger charge is 2.51. The van der Waals surface area contributed by atoms with E-state index in [4.69, 9.17) is 4.74 Å². The van der Waals surface area contributed by atoms with Gasteiger partial charge in [-0.1, -0.05) is 26.0 Å². The Morgan fingerprint density at radius 3 is 2.64 bits per heavy atom. The molecule has 0 unspecified atom stereocenters. The number of hydrogen-bond acceptors (Lipinski definition) is 5. The van der Waals surface area contributed by atoms with Crippen molar-refractivity contribution in [3.63, 3.8) is 0 Å². The number of benzene rings is 1. The average molecular weight is 343 g/mol. The summed E-state index contributed by atoms with van der Waals surface area (Å²) >= 11 is 0. The van der Waals surface area contributed by atoms with Crippen molar-refractivity contribution in [3.8, 4) is 5.69 Å². The first-order valence-electron chi connectivity index (χ1n) is 8.63. The molecule has 1 aliphatic rings. The van der Waals surface area contributed by atoms with Crippen molar-refractivity contribution in [2.24, 2.45) is 5.41 Å². The zero-order valence-electron chi connectivity index (χ0n) is 15.2. The number of nitrogens with zero attached hydrogens (tertiary/aromatic N) is 5. The van der Waals surface area contributed by atoms with E-state index in [0.717, 1.165) is 17.7 Å². The Morgan fingerprint density at radius 1 is 1.36 bits per heavy atom. The van der Waals surface area contributed by atoms with Crippen LogP contribution in [-0.4, -0.2) is 56.8 Å². The van der Waals surface area contributed by atoms with Gasteiger partial charge in [0.25, 0.3) is 0 Å². The van der Waals surface area contributed by atoms with Crippen LogP contribution in [0.3, 0.4) is 0 Å². The molecule has 1 amide bonds. The van der Waals surface area contributed by atoms with Crippen molar-refractivity contribution in [2.75, 3.05) is 13.7 Å². The van der Waals surface area contributed by atoms with E-state index in [1.807, 2.05) is 43.1 Å². The minimum absolute atomic E-state index is 0.00955. The molecule has 134 valence electrons. The molecule has 0 aliphatic heterocycles. The third-order valence-electron chi connectivity index (χ3n) is 5.26. The Kier molecular flexibility index (Phi) is 4.85. The van der Waals surface area contributed by atoms with Gasteiger partial charge in [-0.3, -0.25) is 4.79 Å². The molecule has 2 aromatic rings. The van der Waals surface area contributed by atoms with E-state index in [0.29, 0.717) is 13.0 Å². The molecule has 7 heteroatoms. The number of rotatable bonds is 6. The molecular formula is C18H25N5O2. The predicted octanol–water partition coefficient (Wildman–Crippen LogP) is 1.87. The first kappa shape index (κ1) is 17.5. The highest BCUT2D eigenvalue weighted by Crippen LogP contribution is 2.45. The number of carbonyl (C=O) groups excluding carboxylic acids is 1. The van der Waals surface area contributed by atoms with Crippen molar-refractivity contribution < 1.29 is 9.53 Å². The summed E-state index contributed by atoms with van der Waals surface area (Å²) in [5, 5.41) is 11.1. The molecule has 3 rings (SSSR count). The molecule has 1 saturated carbocycles. The monoisotopic (exact) mass is 343 g/mol. The number of ether oxygens (including phenoxy) is 1. The molecule has 2 atom stereocenters. The molecule has 0 saturated heterocycles. The van der Waals surface area contributed by atoms with Gasteiger partial charge in [-0.15, -0.1) is 5.10 Å². The zero-order valence-corrected chi connectivity index (χ0v) is 15.2. The molecule has 25 heavy (non-hydrogen) atoms. The lowest BCUT2D eigenvalue weighted by Crippen LogP contribution is -2.62. The van der Waals surface area contributed by atoms with Crippen LogP contribution >= 0.6 is 0 Å². The first-order chi connectivity index (χ1) is 11.9. The second-order valence-electron chi connectivity index (χ2n) is 7.12. The maximum absolute atomic E-state index is 12.7. The zero-order chi connectivity index (χ0) is 18.0.